The van der Waals surface area contributed by atoms with E-state index < -0.39 is 0 Å². The van der Waals surface area contributed by atoms with Gasteiger partial charge in [-0.25, -0.2) is 14.2 Å². The van der Waals surface area contributed by atoms with Gasteiger partial charge in [0.05, 0.1) is 6.54 Å². The monoisotopic (exact) mass is 444 g/mol. The molecule has 168 valence electrons. The van der Waals surface area contributed by atoms with Gasteiger partial charge in [-0.3, -0.25) is 4.90 Å². The molecular weight excluding hydrogens is 419 g/mol. The Bertz CT molecular complexity index is 1230. The fourth-order valence-corrected chi connectivity index (χ4v) is 4.05. The lowest BCUT2D eigenvalue weighted by Crippen LogP contribution is -2.51. The maximum atomic E-state index is 13.0. The zero-order chi connectivity index (χ0) is 22.6. The second-order valence-electron chi connectivity index (χ2n) is 8.20. The van der Waals surface area contributed by atoms with Crippen molar-refractivity contribution < 1.29 is 13.6 Å². The molecule has 1 fully saturated rings. The summed E-state index contributed by atoms with van der Waals surface area (Å²) in [6.07, 6.45) is 0. The molecule has 0 spiro atoms. The van der Waals surface area contributed by atoms with Crippen LogP contribution in [0.25, 0.3) is 22.2 Å². The quantitative estimate of drug-likeness (QED) is 0.486. The fraction of sp³-hybridized carbons (Fsp3) is 0.231. The van der Waals surface area contributed by atoms with Gasteiger partial charge >= 0.3 is 6.03 Å². The molecule has 1 aromatic heterocycles. The summed E-state index contributed by atoms with van der Waals surface area (Å²) >= 11 is 0. The first-order chi connectivity index (χ1) is 16.1. The van der Waals surface area contributed by atoms with E-state index in [9.17, 15) is 9.18 Å². The topological polar surface area (TPSA) is 61.6 Å². The van der Waals surface area contributed by atoms with E-state index in [1.54, 1.807) is 17.0 Å². The van der Waals surface area contributed by atoms with Crippen LogP contribution in [0.2, 0.25) is 0 Å². The standard InChI is InChI=1S/C26H25FN4O2/c27-22-9-6-19(7-10-22)17-28-26(32)31-14-12-30(13-15-31)18-25-29-23-16-21(8-11-24(23)33-25)20-4-2-1-3-5-20/h1-11,16H,12-15,17-18H2,(H,28,32). The second-order valence-corrected chi connectivity index (χ2v) is 8.20. The highest BCUT2D eigenvalue weighted by molar-refractivity contribution is 5.80. The highest BCUT2D eigenvalue weighted by Crippen LogP contribution is 2.25. The average molecular weight is 445 g/mol. The number of benzene rings is 3. The van der Waals surface area contributed by atoms with Crippen LogP contribution in [-0.2, 0) is 13.1 Å². The van der Waals surface area contributed by atoms with Gasteiger partial charge in [0.25, 0.3) is 0 Å². The molecule has 1 aliphatic rings. The van der Waals surface area contributed by atoms with Crippen molar-refractivity contribution in [2.45, 2.75) is 13.1 Å². The minimum absolute atomic E-state index is 0.103. The number of amides is 2. The number of carbonyl (C=O) groups is 1. The Labute approximate surface area is 191 Å². The molecule has 0 atom stereocenters. The molecule has 0 radical (unpaired) electrons. The third-order valence-corrected chi connectivity index (χ3v) is 5.91. The molecule has 0 bridgehead atoms. The van der Waals surface area contributed by atoms with Gasteiger partial charge in [0.1, 0.15) is 11.3 Å². The molecule has 33 heavy (non-hydrogen) atoms. The van der Waals surface area contributed by atoms with Gasteiger partial charge in [0.2, 0.25) is 5.89 Å². The molecule has 7 heteroatoms. The molecule has 4 aromatic rings. The molecule has 3 aromatic carbocycles. The van der Waals surface area contributed by atoms with Crippen LogP contribution >= 0.6 is 0 Å². The first kappa shape index (κ1) is 21.2. The lowest BCUT2D eigenvalue weighted by Gasteiger charge is -2.34. The number of oxazole rings is 1. The summed E-state index contributed by atoms with van der Waals surface area (Å²) in [4.78, 5) is 21.2. The van der Waals surface area contributed by atoms with Crippen molar-refractivity contribution in [3.8, 4) is 11.1 Å². The van der Waals surface area contributed by atoms with Crippen LogP contribution in [0.15, 0.2) is 77.2 Å². The third kappa shape index (κ3) is 5.04. The summed E-state index contributed by atoms with van der Waals surface area (Å²) in [6, 6.07) is 22.3. The minimum atomic E-state index is -0.281. The van der Waals surface area contributed by atoms with Crippen molar-refractivity contribution in [2.75, 3.05) is 26.2 Å². The van der Waals surface area contributed by atoms with Gasteiger partial charge in [-0.2, -0.15) is 0 Å². The normalized spacial score (nSPS) is 14.5. The summed E-state index contributed by atoms with van der Waals surface area (Å²) in [5, 5.41) is 2.90. The van der Waals surface area contributed by atoms with Gasteiger partial charge in [-0.15, -0.1) is 0 Å². The Balaban J connectivity index is 1.14. The number of carbonyl (C=O) groups excluding carboxylic acids is 1. The number of urea groups is 1. The van der Waals surface area contributed by atoms with Gasteiger partial charge in [-0.05, 0) is 41.0 Å². The molecule has 6 nitrogen and oxygen atoms in total. The van der Waals surface area contributed by atoms with E-state index in [1.807, 2.05) is 24.3 Å². The summed E-state index contributed by atoms with van der Waals surface area (Å²) in [6.45, 7) is 3.75. The van der Waals surface area contributed by atoms with E-state index in [0.717, 1.165) is 40.9 Å². The van der Waals surface area contributed by atoms with Crippen LogP contribution in [0.4, 0.5) is 9.18 Å². The number of fused-ring (bicyclic) bond motifs is 1. The molecule has 1 N–H and O–H groups in total. The van der Waals surface area contributed by atoms with Crippen LogP contribution in [0, 0.1) is 5.82 Å². The summed E-state index contributed by atoms with van der Waals surface area (Å²) in [5.74, 6) is 0.404. The van der Waals surface area contributed by atoms with Gasteiger partial charge < -0.3 is 14.6 Å². The molecule has 0 unspecified atom stereocenters. The number of aromatic nitrogens is 1. The largest absolute Gasteiger partial charge is 0.439 e. The van der Waals surface area contributed by atoms with Crippen LogP contribution in [-0.4, -0.2) is 47.0 Å². The van der Waals surface area contributed by atoms with Crippen LogP contribution in [0.3, 0.4) is 0 Å². The van der Waals surface area contributed by atoms with E-state index in [1.165, 1.54) is 12.1 Å². The van der Waals surface area contributed by atoms with Crippen LogP contribution in [0.1, 0.15) is 11.5 Å². The molecular formula is C26H25FN4O2. The average Bonchev–Trinajstić information content (AvgIpc) is 3.26. The van der Waals surface area contributed by atoms with E-state index >= 15 is 0 Å². The molecule has 0 saturated carbocycles. The summed E-state index contributed by atoms with van der Waals surface area (Å²) in [5.41, 5.74) is 4.77. The first-order valence-corrected chi connectivity index (χ1v) is 11.1. The Morgan fingerprint density at radius 3 is 2.45 bits per heavy atom. The number of halogens is 1. The summed E-state index contributed by atoms with van der Waals surface area (Å²) < 4.78 is 19.0. The SMILES string of the molecule is O=C(NCc1ccc(F)cc1)N1CCN(Cc2nc3cc(-c4ccccc4)ccc3o2)CC1. The molecule has 1 saturated heterocycles. The maximum absolute atomic E-state index is 13.0. The molecule has 0 aliphatic carbocycles. The molecule has 2 amide bonds. The minimum Gasteiger partial charge on any atom is -0.439 e. The lowest BCUT2D eigenvalue weighted by molar-refractivity contribution is 0.129. The molecule has 2 heterocycles. The smallest absolute Gasteiger partial charge is 0.317 e. The van der Waals surface area contributed by atoms with Crippen molar-refractivity contribution >= 4 is 17.1 Å². The number of nitrogens with zero attached hydrogens (tertiary/aromatic N) is 3. The fourth-order valence-electron chi connectivity index (χ4n) is 4.05. The lowest BCUT2D eigenvalue weighted by atomic mass is 10.1. The van der Waals surface area contributed by atoms with E-state index in [4.69, 9.17) is 4.42 Å². The first-order valence-electron chi connectivity index (χ1n) is 11.1. The third-order valence-electron chi connectivity index (χ3n) is 5.91. The Morgan fingerprint density at radius 2 is 1.70 bits per heavy atom. The van der Waals surface area contributed by atoms with E-state index in [0.29, 0.717) is 32.1 Å². The van der Waals surface area contributed by atoms with Crippen molar-refractivity contribution in [3.05, 3.63) is 90.1 Å². The maximum Gasteiger partial charge on any atom is 0.317 e. The van der Waals surface area contributed by atoms with Crippen molar-refractivity contribution in [2.24, 2.45) is 0 Å². The zero-order valence-electron chi connectivity index (χ0n) is 18.2. The molecule has 1 aliphatic heterocycles. The van der Waals surface area contributed by atoms with E-state index in [2.05, 4.69) is 39.5 Å². The number of hydrogen-bond acceptors (Lipinski definition) is 4. The van der Waals surface area contributed by atoms with Gasteiger partial charge in [0.15, 0.2) is 5.58 Å². The van der Waals surface area contributed by atoms with Crippen LogP contribution < -0.4 is 5.32 Å². The van der Waals surface area contributed by atoms with Crippen molar-refractivity contribution in [1.82, 2.24) is 20.1 Å². The van der Waals surface area contributed by atoms with Crippen LogP contribution in [0.5, 0.6) is 0 Å². The number of hydrogen-bond donors (Lipinski definition) is 1. The summed E-state index contributed by atoms with van der Waals surface area (Å²) in [7, 11) is 0. The van der Waals surface area contributed by atoms with Crippen molar-refractivity contribution in [1.29, 1.82) is 0 Å². The number of nitrogens with one attached hydrogen (secondary N) is 1. The van der Waals surface area contributed by atoms with Crippen molar-refractivity contribution in [3.63, 3.8) is 0 Å². The van der Waals surface area contributed by atoms with E-state index in [-0.39, 0.29) is 11.8 Å². The van der Waals surface area contributed by atoms with Gasteiger partial charge in [-0.1, -0.05) is 48.5 Å². The predicted octanol–water partition coefficient (Wildman–Crippen LogP) is 4.66. The zero-order valence-corrected chi connectivity index (χ0v) is 18.2. The highest BCUT2D eigenvalue weighted by atomic mass is 19.1. The number of piperazine rings is 1. The Kier molecular flexibility index (Phi) is 6.04. The Morgan fingerprint density at radius 1 is 0.939 bits per heavy atom. The van der Waals surface area contributed by atoms with Gasteiger partial charge in [0, 0.05) is 32.7 Å². The second kappa shape index (κ2) is 9.42. The highest BCUT2D eigenvalue weighted by Gasteiger charge is 2.22. The predicted molar refractivity (Wildman–Crippen MR) is 125 cm³/mol. The molecule has 5 rings (SSSR count). The Hall–Kier alpha value is -3.71. The number of rotatable bonds is 5.